The van der Waals surface area contributed by atoms with Crippen LogP contribution in [0, 0.1) is 0 Å². The Balaban J connectivity index is 1.90. The summed E-state index contributed by atoms with van der Waals surface area (Å²) in [4.78, 5) is 11.7. The predicted octanol–water partition coefficient (Wildman–Crippen LogP) is 4.77. The topological polar surface area (TPSA) is 44.8 Å². The molecule has 0 spiro atoms. The summed E-state index contributed by atoms with van der Waals surface area (Å²) in [5.74, 6) is -3.55. The summed E-state index contributed by atoms with van der Waals surface area (Å²) >= 11 is 0. The highest BCUT2D eigenvalue weighted by atomic mass is 19.4. The average Bonchev–Trinajstić information content (AvgIpc) is 2.72. The Bertz CT molecular complexity index is 795. The summed E-state index contributed by atoms with van der Waals surface area (Å²) in [5.41, 5.74) is 0.858. The maximum atomic E-state index is 14.2. The zero-order chi connectivity index (χ0) is 20.9. The Morgan fingerprint density at radius 2 is 1.62 bits per heavy atom. The lowest BCUT2D eigenvalue weighted by Gasteiger charge is -2.45. The number of benzene rings is 2. The first-order chi connectivity index (χ1) is 13.8. The van der Waals surface area contributed by atoms with Gasteiger partial charge in [0.25, 0.3) is 5.79 Å². The van der Waals surface area contributed by atoms with Crippen LogP contribution in [0.1, 0.15) is 30.4 Å². The molecule has 0 saturated carbocycles. The van der Waals surface area contributed by atoms with Crippen molar-refractivity contribution in [3.05, 3.63) is 71.8 Å². The molecule has 7 heteroatoms. The van der Waals surface area contributed by atoms with Gasteiger partial charge >= 0.3 is 12.1 Å². The minimum Gasteiger partial charge on any atom is -0.469 e. The Morgan fingerprint density at radius 1 is 1.03 bits per heavy atom. The predicted molar refractivity (Wildman–Crippen MR) is 99.9 cm³/mol. The third kappa shape index (κ3) is 4.97. The smallest absolute Gasteiger partial charge is 0.448 e. The number of carbonyl (C=O) groups excluding carboxylic acids is 1. The molecular weight excluding hydrogens is 385 g/mol. The minimum atomic E-state index is -4.83. The summed E-state index contributed by atoms with van der Waals surface area (Å²) < 4.78 is 58.4. The van der Waals surface area contributed by atoms with E-state index in [1.165, 1.54) is 31.4 Å². The molecule has 0 aliphatic carbocycles. The zero-order valence-electron chi connectivity index (χ0n) is 16.0. The van der Waals surface area contributed by atoms with Crippen molar-refractivity contribution in [2.75, 3.05) is 7.11 Å². The van der Waals surface area contributed by atoms with E-state index in [4.69, 9.17) is 9.47 Å². The van der Waals surface area contributed by atoms with Crippen molar-refractivity contribution in [3.63, 3.8) is 0 Å². The highest BCUT2D eigenvalue weighted by Crippen LogP contribution is 2.48. The number of halogens is 3. The van der Waals surface area contributed by atoms with Crippen LogP contribution in [0.3, 0.4) is 0 Å². The summed E-state index contributed by atoms with van der Waals surface area (Å²) in [6.45, 7) is 0. The molecule has 0 radical (unpaired) electrons. The monoisotopic (exact) mass is 408 g/mol. The van der Waals surface area contributed by atoms with Crippen LogP contribution >= 0.6 is 0 Å². The molecule has 3 unspecified atom stereocenters. The molecular formula is C22H23F3O4. The van der Waals surface area contributed by atoms with Crippen LogP contribution in [0.4, 0.5) is 13.2 Å². The number of hydrogen-bond donors (Lipinski definition) is 0. The van der Waals surface area contributed by atoms with Gasteiger partial charge < -0.3 is 14.2 Å². The van der Waals surface area contributed by atoms with Crippen molar-refractivity contribution >= 4 is 5.97 Å². The Hall–Kier alpha value is -2.38. The molecule has 156 valence electrons. The van der Waals surface area contributed by atoms with Crippen molar-refractivity contribution in [2.45, 2.75) is 49.9 Å². The van der Waals surface area contributed by atoms with E-state index in [9.17, 15) is 18.0 Å². The molecule has 2 aromatic rings. The number of rotatable bonds is 6. The second-order valence-corrected chi connectivity index (χ2v) is 7.00. The van der Waals surface area contributed by atoms with Gasteiger partial charge in [0.15, 0.2) is 0 Å². The van der Waals surface area contributed by atoms with Crippen molar-refractivity contribution in [3.8, 4) is 0 Å². The van der Waals surface area contributed by atoms with E-state index in [-0.39, 0.29) is 18.4 Å². The van der Waals surface area contributed by atoms with Crippen LogP contribution in [0.5, 0.6) is 0 Å². The lowest BCUT2D eigenvalue weighted by Crippen LogP contribution is -2.55. The Kier molecular flexibility index (Phi) is 6.59. The molecule has 0 bridgehead atoms. The van der Waals surface area contributed by atoms with E-state index in [2.05, 4.69) is 4.74 Å². The van der Waals surface area contributed by atoms with E-state index < -0.39 is 30.1 Å². The van der Waals surface area contributed by atoms with Crippen LogP contribution in [0.15, 0.2) is 60.7 Å². The van der Waals surface area contributed by atoms with E-state index >= 15 is 0 Å². The fraction of sp³-hybridized carbons (Fsp3) is 0.409. The molecule has 1 saturated heterocycles. The molecule has 0 aromatic heterocycles. The maximum Gasteiger partial charge on any atom is 0.448 e. The lowest BCUT2D eigenvalue weighted by molar-refractivity contribution is -0.434. The number of ether oxygens (including phenoxy) is 3. The highest BCUT2D eigenvalue weighted by molar-refractivity contribution is 5.69. The van der Waals surface area contributed by atoms with Crippen LogP contribution in [0.2, 0.25) is 0 Å². The highest BCUT2D eigenvalue weighted by Gasteiger charge is 2.63. The average molecular weight is 408 g/mol. The quantitative estimate of drug-likeness (QED) is 0.646. The molecule has 1 fully saturated rings. The van der Waals surface area contributed by atoms with Crippen LogP contribution < -0.4 is 0 Å². The van der Waals surface area contributed by atoms with E-state index in [1.807, 2.05) is 30.3 Å². The summed E-state index contributed by atoms with van der Waals surface area (Å²) in [6, 6.07) is 16.7. The van der Waals surface area contributed by atoms with Crippen LogP contribution in [-0.4, -0.2) is 31.5 Å². The summed E-state index contributed by atoms with van der Waals surface area (Å²) in [5, 5.41) is 0. The van der Waals surface area contributed by atoms with Gasteiger partial charge in [0.2, 0.25) is 0 Å². The molecule has 4 nitrogen and oxygen atoms in total. The molecule has 0 amide bonds. The first-order valence-electron chi connectivity index (χ1n) is 9.42. The minimum absolute atomic E-state index is 0.147. The third-order valence-corrected chi connectivity index (χ3v) is 4.94. The Morgan fingerprint density at radius 3 is 2.21 bits per heavy atom. The van der Waals surface area contributed by atoms with Crippen molar-refractivity contribution in [1.29, 1.82) is 0 Å². The van der Waals surface area contributed by atoms with Gasteiger partial charge in [0.1, 0.15) is 0 Å². The second-order valence-electron chi connectivity index (χ2n) is 7.00. The largest absolute Gasteiger partial charge is 0.469 e. The fourth-order valence-corrected chi connectivity index (χ4v) is 3.52. The van der Waals surface area contributed by atoms with Gasteiger partial charge in [-0.25, -0.2) is 0 Å². The number of hydrogen-bond acceptors (Lipinski definition) is 4. The Labute approximate surface area is 167 Å². The van der Waals surface area contributed by atoms with E-state index in [0.717, 1.165) is 5.56 Å². The zero-order valence-corrected chi connectivity index (χ0v) is 16.0. The summed E-state index contributed by atoms with van der Waals surface area (Å²) in [6.07, 6.45) is -5.71. The maximum absolute atomic E-state index is 14.2. The number of carbonyl (C=O) groups is 1. The van der Waals surface area contributed by atoms with E-state index in [1.54, 1.807) is 6.07 Å². The number of methoxy groups -OCH3 is 1. The van der Waals surface area contributed by atoms with E-state index in [0.29, 0.717) is 12.8 Å². The van der Waals surface area contributed by atoms with Gasteiger partial charge in [-0.1, -0.05) is 60.7 Å². The molecule has 2 aromatic carbocycles. The molecule has 1 aliphatic heterocycles. The van der Waals surface area contributed by atoms with Crippen molar-refractivity contribution in [1.82, 2.24) is 0 Å². The van der Waals surface area contributed by atoms with Gasteiger partial charge in [-0.05, 0) is 18.4 Å². The van der Waals surface area contributed by atoms with Gasteiger partial charge in [-0.2, -0.15) is 13.2 Å². The molecule has 0 N–H and O–H groups in total. The lowest BCUT2D eigenvalue weighted by atomic mass is 9.96. The number of esters is 1. The first-order valence-corrected chi connectivity index (χ1v) is 9.42. The first kappa shape index (κ1) is 21.3. The molecule has 3 rings (SSSR count). The number of aryl methyl sites for hydroxylation is 1. The van der Waals surface area contributed by atoms with Gasteiger partial charge in [0.05, 0.1) is 25.7 Å². The van der Waals surface area contributed by atoms with Crippen LogP contribution in [0.25, 0.3) is 0 Å². The normalized spacial score (nSPS) is 24.8. The fourth-order valence-electron chi connectivity index (χ4n) is 3.52. The van der Waals surface area contributed by atoms with Crippen molar-refractivity contribution in [2.24, 2.45) is 0 Å². The molecule has 1 heterocycles. The number of alkyl halides is 3. The molecule has 1 aliphatic rings. The SMILES string of the molecule is COC(=O)CC1CC(CCc2ccccc2)OC(c2ccccc2)(C(F)(F)F)O1. The van der Waals surface area contributed by atoms with Gasteiger partial charge in [-0.15, -0.1) is 0 Å². The standard InChI is InChI=1S/C22H23F3O4/c1-27-20(26)15-19-14-18(13-12-16-8-4-2-5-9-16)28-21(29-19,22(23,24)25)17-10-6-3-7-11-17/h2-11,18-19H,12-15H2,1H3. The molecule has 29 heavy (non-hydrogen) atoms. The second kappa shape index (κ2) is 8.97. The van der Waals surface area contributed by atoms with Crippen LogP contribution in [-0.2, 0) is 31.2 Å². The van der Waals surface area contributed by atoms with Gasteiger partial charge in [0, 0.05) is 12.0 Å². The summed E-state index contributed by atoms with van der Waals surface area (Å²) in [7, 11) is 1.20. The van der Waals surface area contributed by atoms with Crippen molar-refractivity contribution < 1.29 is 32.2 Å². The third-order valence-electron chi connectivity index (χ3n) is 4.94. The van der Waals surface area contributed by atoms with Gasteiger partial charge in [-0.3, -0.25) is 4.79 Å². The molecule has 3 atom stereocenters.